The quantitative estimate of drug-likeness (QED) is 0.739. The predicted octanol–water partition coefficient (Wildman–Crippen LogP) is 3.73. The zero-order chi connectivity index (χ0) is 14.0. The Balaban J connectivity index is 2.37. The van der Waals surface area contributed by atoms with E-state index >= 15 is 0 Å². The van der Waals surface area contributed by atoms with E-state index in [0.29, 0.717) is 0 Å². The first-order chi connectivity index (χ1) is 8.95. The maximum absolute atomic E-state index is 12.6. The van der Waals surface area contributed by atoms with Crippen LogP contribution in [0.15, 0.2) is 36.9 Å². The average Bonchev–Trinajstić information content (AvgIpc) is 2.37. The van der Waals surface area contributed by atoms with Crippen LogP contribution < -0.4 is 0 Å². The molecule has 2 rings (SSSR count). The van der Waals surface area contributed by atoms with Crippen LogP contribution in [-0.2, 0) is 11.2 Å². The summed E-state index contributed by atoms with van der Waals surface area (Å²) >= 11 is 0. The fourth-order valence-corrected chi connectivity index (χ4v) is 2.74. The molecular formula is C17H23NO. The van der Waals surface area contributed by atoms with Crippen LogP contribution in [0.4, 0.5) is 0 Å². The molecule has 2 heteroatoms. The Morgan fingerprint density at radius 2 is 2.11 bits per heavy atom. The van der Waals surface area contributed by atoms with Gasteiger partial charge in [0.1, 0.15) is 0 Å². The summed E-state index contributed by atoms with van der Waals surface area (Å²) in [6.45, 7) is 10.6. The molecule has 1 atom stereocenters. The summed E-state index contributed by atoms with van der Waals surface area (Å²) in [5.74, 6) is 0.230. The van der Waals surface area contributed by atoms with E-state index in [1.807, 2.05) is 31.7 Å². The summed E-state index contributed by atoms with van der Waals surface area (Å²) in [5, 5.41) is 0. The van der Waals surface area contributed by atoms with Crippen LogP contribution in [0.25, 0.3) is 0 Å². The maximum Gasteiger partial charge on any atom is 0.228 e. The van der Waals surface area contributed by atoms with Gasteiger partial charge in [0.05, 0.1) is 6.04 Å². The van der Waals surface area contributed by atoms with Gasteiger partial charge in [-0.1, -0.05) is 51.1 Å². The Kier molecular flexibility index (Phi) is 3.79. The number of nitrogens with zero attached hydrogens (tertiary/aromatic N) is 1. The van der Waals surface area contributed by atoms with Crippen molar-refractivity contribution in [2.45, 2.75) is 39.7 Å². The van der Waals surface area contributed by atoms with E-state index in [1.165, 1.54) is 11.1 Å². The second kappa shape index (κ2) is 5.20. The van der Waals surface area contributed by atoms with Crippen molar-refractivity contribution in [3.63, 3.8) is 0 Å². The van der Waals surface area contributed by atoms with Crippen LogP contribution in [0.5, 0.6) is 0 Å². The molecule has 19 heavy (non-hydrogen) atoms. The van der Waals surface area contributed by atoms with Crippen molar-refractivity contribution in [2.75, 3.05) is 6.54 Å². The second-order valence-electron chi connectivity index (χ2n) is 6.24. The van der Waals surface area contributed by atoms with Gasteiger partial charge in [0.25, 0.3) is 0 Å². The van der Waals surface area contributed by atoms with Crippen LogP contribution in [0.3, 0.4) is 0 Å². The molecule has 102 valence electrons. The van der Waals surface area contributed by atoms with Crippen molar-refractivity contribution in [1.82, 2.24) is 4.90 Å². The summed E-state index contributed by atoms with van der Waals surface area (Å²) in [6.07, 6.45) is 3.68. The average molecular weight is 257 g/mol. The molecule has 1 aromatic carbocycles. The number of carbonyl (C=O) groups excluding carboxylic acids is 1. The Hall–Kier alpha value is -1.57. The van der Waals surface area contributed by atoms with Crippen molar-refractivity contribution in [1.29, 1.82) is 0 Å². The molecular weight excluding hydrogens is 234 g/mol. The molecule has 1 aliphatic heterocycles. The summed E-state index contributed by atoms with van der Waals surface area (Å²) in [5.41, 5.74) is 2.32. The number of rotatable bonds is 2. The number of hydrogen-bond acceptors (Lipinski definition) is 1. The molecule has 1 aromatic rings. The number of amides is 1. The first-order valence-corrected chi connectivity index (χ1v) is 6.95. The van der Waals surface area contributed by atoms with Crippen molar-refractivity contribution in [3.8, 4) is 0 Å². The molecule has 0 aliphatic carbocycles. The SMILES string of the molecule is C=CCC1c2ccccc2CCN1C(=O)C(C)(C)C. The molecule has 0 saturated carbocycles. The van der Waals surface area contributed by atoms with Crippen LogP contribution >= 0.6 is 0 Å². The Morgan fingerprint density at radius 3 is 2.74 bits per heavy atom. The third kappa shape index (κ3) is 2.73. The number of hydrogen-bond donors (Lipinski definition) is 0. The summed E-state index contributed by atoms with van der Waals surface area (Å²) in [6, 6.07) is 8.59. The molecule has 0 fully saturated rings. The van der Waals surface area contributed by atoms with E-state index in [1.54, 1.807) is 0 Å². The van der Waals surface area contributed by atoms with E-state index in [2.05, 4.69) is 30.8 Å². The molecule has 0 aromatic heterocycles. The summed E-state index contributed by atoms with van der Waals surface area (Å²) in [4.78, 5) is 14.6. The standard InChI is InChI=1S/C17H23NO/c1-5-8-15-14-10-7-6-9-13(14)11-12-18(15)16(19)17(2,3)4/h5-7,9-10,15H,1,8,11-12H2,2-4H3. The molecule has 1 aliphatic rings. The highest BCUT2D eigenvalue weighted by atomic mass is 16.2. The zero-order valence-corrected chi connectivity index (χ0v) is 12.1. The van der Waals surface area contributed by atoms with Gasteiger partial charge in [-0.2, -0.15) is 0 Å². The lowest BCUT2D eigenvalue weighted by Gasteiger charge is -2.40. The Bertz CT molecular complexity index is 484. The lowest BCUT2D eigenvalue weighted by atomic mass is 9.87. The molecule has 0 saturated heterocycles. The van der Waals surface area contributed by atoms with Gasteiger partial charge in [0, 0.05) is 12.0 Å². The molecule has 1 unspecified atom stereocenters. The van der Waals surface area contributed by atoms with Crippen LogP contribution in [0.1, 0.15) is 44.4 Å². The number of carbonyl (C=O) groups is 1. The molecule has 1 heterocycles. The number of benzene rings is 1. The maximum atomic E-state index is 12.6. The van der Waals surface area contributed by atoms with E-state index in [4.69, 9.17) is 0 Å². The molecule has 0 radical (unpaired) electrons. The van der Waals surface area contributed by atoms with Gasteiger partial charge < -0.3 is 4.90 Å². The lowest BCUT2D eigenvalue weighted by Crippen LogP contribution is -2.45. The van der Waals surface area contributed by atoms with Gasteiger partial charge in [-0.3, -0.25) is 4.79 Å². The molecule has 0 spiro atoms. The van der Waals surface area contributed by atoms with E-state index < -0.39 is 0 Å². The van der Waals surface area contributed by atoms with Crippen LogP contribution in [0, 0.1) is 5.41 Å². The minimum Gasteiger partial charge on any atom is -0.335 e. The molecule has 1 amide bonds. The van der Waals surface area contributed by atoms with E-state index in [-0.39, 0.29) is 17.4 Å². The molecule has 0 N–H and O–H groups in total. The highest BCUT2D eigenvalue weighted by Gasteiger charge is 2.35. The smallest absolute Gasteiger partial charge is 0.228 e. The normalized spacial score (nSPS) is 18.9. The third-order valence-corrected chi connectivity index (χ3v) is 3.70. The highest BCUT2D eigenvalue weighted by molar-refractivity contribution is 5.82. The van der Waals surface area contributed by atoms with Gasteiger partial charge in [-0.15, -0.1) is 6.58 Å². The van der Waals surface area contributed by atoms with Gasteiger partial charge >= 0.3 is 0 Å². The minimum absolute atomic E-state index is 0.147. The van der Waals surface area contributed by atoms with Crippen LogP contribution in [-0.4, -0.2) is 17.4 Å². The van der Waals surface area contributed by atoms with E-state index in [9.17, 15) is 4.79 Å². The van der Waals surface area contributed by atoms with Gasteiger partial charge in [0.2, 0.25) is 5.91 Å². The number of fused-ring (bicyclic) bond motifs is 1. The predicted molar refractivity (Wildman–Crippen MR) is 78.9 cm³/mol. The fourth-order valence-electron chi connectivity index (χ4n) is 2.74. The fraction of sp³-hybridized carbons (Fsp3) is 0.471. The van der Waals surface area contributed by atoms with Gasteiger partial charge in [-0.25, -0.2) is 0 Å². The van der Waals surface area contributed by atoms with Crippen LogP contribution in [0.2, 0.25) is 0 Å². The zero-order valence-electron chi connectivity index (χ0n) is 12.1. The first-order valence-electron chi connectivity index (χ1n) is 6.95. The van der Waals surface area contributed by atoms with E-state index in [0.717, 1.165) is 19.4 Å². The van der Waals surface area contributed by atoms with Crippen molar-refractivity contribution in [2.24, 2.45) is 5.41 Å². The van der Waals surface area contributed by atoms with Gasteiger partial charge in [0.15, 0.2) is 0 Å². The molecule has 0 bridgehead atoms. The first kappa shape index (κ1) is 13.9. The Labute approximate surface area is 116 Å². The monoisotopic (exact) mass is 257 g/mol. The van der Waals surface area contributed by atoms with Crippen molar-refractivity contribution < 1.29 is 4.79 Å². The lowest BCUT2D eigenvalue weighted by molar-refractivity contribution is -0.142. The second-order valence-corrected chi connectivity index (χ2v) is 6.24. The summed E-state index contributed by atoms with van der Waals surface area (Å²) in [7, 11) is 0. The van der Waals surface area contributed by atoms with Gasteiger partial charge in [-0.05, 0) is 24.0 Å². The third-order valence-electron chi connectivity index (χ3n) is 3.70. The van der Waals surface area contributed by atoms with Crippen molar-refractivity contribution >= 4 is 5.91 Å². The van der Waals surface area contributed by atoms with Crippen molar-refractivity contribution in [3.05, 3.63) is 48.0 Å². The minimum atomic E-state index is -0.328. The molecule has 2 nitrogen and oxygen atoms in total. The summed E-state index contributed by atoms with van der Waals surface area (Å²) < 4.78 is 0. The topological polar surface area (TPSA) is 20.3 Å². The Morgan fingerprint density at radius 1 is 1.42 bits per heavy atom. The highest BCUT2D eigenvalue weighted by Crippen LogP contribution is 2.35. The largest absolute Gasteiger partial charge is 0.335 e.